The van der Waals surface area contributed by atoms with E-state index in [1.165, 1.54) is 0 Å². The Kier molecular flexibility index (Phi) is 3.51. The van der Waals surface area contributed by atoms with Gasteiger partial charge in [0, 0.05) is 13.3 Å². The normalized spacial score (nSPS) is 19.9. The highest BCUT2D eigenvalue weighted by Gasteiger charge is 2.16. The van der Waals surface area contributed by atoms with Gasteiger partial charge in [0.2, 0.25) is 11.8 Å². The third kappa shape index (κ3) is 3.03. The molecule has 16 heavy (non-hydrogen) atoms. The highest BCUT2D eigenvalue weighted by molar-refractivity contribution is 5.88. The molecule has 0 aromatic carbocycles. The van der Waals surface area contributed by atoms with Crippen LogP contribution in [0.4, 0.5) is 6.01 Å². The number of carbonyl (C=O) groups is 1. The van der Waals surface area contributed by atoms with Gasteiger partial charge in [-0.1, -0.05) is 5.10 Å². The number of aryl methyl sites for hydroxylation is 1. The second kappa shape index (κ2) is 5.07. The number of amides is 1. The van der Waals surface area contributed by atoms with Crippen molar-refractivity contribution in [2.24, 2.45) is 5.92 Å². The summed E-state index contributed by atoms with van der Waals surface area (Å²) in [6.07, 6.45) is 2.58. The molecule has 0 spiro atoms. The average Bonchev–Trinajstić information content (AvgIpc) is 2.87. The van der Waals surface area contributed by atoms with Crippen molar-refractivity contribution < 1.29 is 9.21 Å². The summed E-state index contributed by atoms with van der Waals surface area (Å²) in [4.78, 5) is 11.5. The first kappa shape index (κ1) is 11.1. The number of hydrogen-bond acceptors (Lipinski definition) is 5. The van der Waals surface area contributed by atoms with Crippen molar-refractivity contribution in [3.8, 4) is 0 Å². The molecule has 88 valence electrons. The number of nitrogens with one attached hydrogen (secondary N) is 2. The Bertz CT molecular complexity index is 357. The summed E-state index contributed by atoms with van der Waals surface area (Å²) in [5, 5.41) is 13.2. The van der Waals surface area contributed by atoms with Crippen LogP contribution in [0, 0.1) is 12.8 Å². The molecule has 2 N–H and O–H groups in total. The van der Waals surface area contributed by atoms with Crippen LogP contribution in [0.5, 0.6) is 0 Å². The van der Waals surface area contributed by atoms with Crippen LogP contribution >= 0.6 is 0 Å². The lowest BCUT2D eigenvalue weighted by atomic mass is 10.0. The molecule has 2 rings (SSSR count). The smallest absolute Gasteiger partial charge is 0.322 e. The van der Waals surface area contributed by atoms with Crippen LogP contribution in [0.3, 0.4) is 0 Å². The van der Waals surface area contributed by atoms with Gasteiger partial charge in [-0.2, -0.15) is 0 Å². The second-order valence-corrected chi connectivity index (χ2v) is 4.07. The van der Waals surface area contributed by atoms with Crippen molar-refractivity contribution in [1.82, 2.24) is 15.5 Å². The second-order valence-electron chi connectivity index (χ2n) is 4.07. The summed E-state index contributed by atoms with van der Waals surface area (Å²) in [6, 6.07) is 0.187. The lowest BCUT2D eigenvalue weighted by molar-refractivity contribution is -0.116. The molecular weight excluding hydrogens is 208 g/mol. The summed E-state index contributed by atoms with van der Waals surface area (Å²) in [6.45, 7) is 3.77. The zero-order valence-electron chi connectivity index (χ0n) is 9.32. The van der Waals surface area contributed by atoms with Gasteiger partial charge < -0.3 is 9.73 Å². The highest BCUT2D eigenvalue weighted by Crippen LogP contribution is 2.14. The molecule has 1 unspecified atom stereocenters. The minimum absolute atomic E-state index is 0.0597. The molecule has 1 amide bonds. The topological polar surface area (TPSA) is 80.0 Å². The lowest BCUT2D eigenvalue weighted by Crippen LogP contribution is -2.15. The molecule has 6 heteroatoms. The first-order chi connectivity index (χ1) is 7.74. The fourth-order valence-corrected chi connectivity index (χ4v) is 1.82. The Morgan fingerprint density at radius 3 is 3.12 bits per heavy atom. The molecule has 1 aromatic heterocycles. The molecule has 1 aliphatic heterocycles. The maximum atomic E-state index is 11.5. The standard InChI is InChI=1S/C10H16N4O2/c1-7-13-14-10(16-7)12-9(15)3-2-8-4-5-11-6-8/h8,11H,2-6H2,1H3,(H,12,14,15). The van der Waals surface area contributed by atoms with Gasteiger partial charge in [-0.3, -0.25) is 10.1 Å². The number of hydrogen-bond donors (Lipinski definition) is 2. The Morgan fingerprint density at radius 1 is 1.62 bits per heavy atom. The van der Waals surface area contributed by atoms with E-state index in [-0.39, 0.29) is 11.9 Å². The van der Waals surface area contributed by atoms with Crippen LogP contribution in [0.15, 0.2) is 4.42 Å². The average molecular weight is 224 g/mol. The van der Waals surface area contributed by atoms with E-state index in [0.717, 1.165) is 25.9 Å². The van der Waals surface area contributed by atoms with Crippen molar-refractivity contribution >= 4 is 11.9 Å². The summed E-state index contributed by atoms with van der Waals surface area (Å²) >= 11 is 0. The monoisotopic (exact) mass is 224 g/mol. The van der Waals surface area contributed by atoms with Crippen LogP contribution in [0.1, 0.15) is 25.2 Å². The maximum absolute atomic E-state index is 11.5. The van der Waals surface area contributed by atoms with E-state index in [1.54, 1.807) is 6.92 Å². The molecule has 0 aliphatic carbocycles. The van der Waals surface area contributed by atoms with Crippen molar-refractivity contribution in [3.63, 3.8) is 0 Å². The minimum atomic E-state index is -0.0597. The van der Waals surface area contributed by atoms with Gasteiger partial charge in [0.25, 0.3) is 0 Å². The predicted molar refractivity (Wildman–Crippen MR) is 57.9 cm³/mol. The molecule has 6 nitrogen and oxygen atoms in total. The fourth-order valence-electron chi connectivity index (χ4n) is 1.82. The SMILES string of the molecule is Cc1nnc(NC(=O)CCC2CCNC2)o1. The molecule has 1 fully saturated rings. The molecular formula is C10H16N4O2. The first-order valence-corrected chi connectivity index (χ1v) is 5.54. The van der Waals surface area contributed by atoms with E-state index in [4.69, 9.17) is 4.42 Å². The van der Waals surface area contributed by atoms with Gasteiger partial charge in [-0.05, 0) is 31.8 Å². The van der Waals surface area contributed by atoms with E-state index in [9.17, 15) is 4.79 Å². The van der Waals surface area contributed by atoms with Crippen molar-refractivity contribution in [2.75, 3.05) is 18.4 Å². The number of carbonyl (C=O) groups excluding carboxylic acids is 1. The van der Waals surface area contributed by atoms with Crippen LogP contribution in [-0.2, 0) is 4.79 Å². The Labute approximate surface area is 93.8 Å². The van der Waals surface area contributed by atoms with E-state index in [0.29, 0.717) is 18.2 Å². The number of anilines is 1. The predicted octanol–water partition coefficient (Wildman–Crippen LogP) is 0.706. The third-order valence-corrected chi connectivity index (χ3v) is 2.71. The fraction of sp³-hybridized carbons (Fsp3) is 0.700. The van der Waals surface area contributed by atoms with Gasteiger partial charge in [0.05, 0.1) is 0 Å². The van der Waals surface area contributed by atoms with E-state index >= 15 is 0 Å². The Morgan fingerprint density at radius 2 is 2.50 bits per heavy atom. The number of nitrogens with zero attached hydrogens (tertiary/aromatic N) is 2. The van der Waals surface area contributed by atoms with Crippen LogP contribution in [0.2, 0.25) is 0 Å². The van der Waals surface area contributed by atoms with Gasteiger partial charge in [0.1, 0.15) is 0 Å². The first-order valence-electron chi connectivity index (χ1n) is 5.54. The molecule has 1 aliphatic rings. The van der Waals surface area contributed by atoms with Gasteiger partial charge in [0.15, 0.2) is 0 Å². The number of rotatable bonds is 4. The van der Waals surface area contributed by atoms with Crippen molar-refractivity contribution in [3.05, 3.63) is 5.89 Å². The van der Waals surface area contributed by atoms with Gasteiger partial charge in [-0.25, -0.2) is 0 Å². The molecule has 1 saturated heterocycles. The summed E-state index contributed by atoms with van der Waals surface area (Å²) < 4.78 is 5.06. The molecule has 1 atom stereocenters. The zero-order valence-corrected chi connectivity index (χ0v) is 9.32. The maximum Gasteiger partial charge on any atom is 0.322 e. The molecule has 0 radical (unpaired) electrons. The lowest BCUT2D eigenvalue weighted by Gasteiger charge is -2.06. The van der Waals surface area contributed by atoms with Crippen molar-refractivity contribution in [2.45, 2.75) is 26.2 Å². The molecule has 2 heterocycles. The summed E-state index contributed by atoms with van der Waals surface area (Å²) in [5.74, 6) is 1.01. The van der Waals surface area contributed by atoms with E-state index in [1.807, 2.05) is 0 Å². The van der Waals surface area contributed by atoms with Crippen molar-refractivity contribution in [1.29, 1.82) is 0 Å². The Balaban J connectivity index is 1.71. The Hall–Kier alpha value is -1.43. The minimum Gasteiger partial charge on any atom is -0.408 e. The highest BCUT2D eigenvalue weighted by atomic mass is 16.4. The largest absolute Gasteiger partial charge is 0.408 e. The van der Waals surface area contributed by atoms with Gasteiger partial charge in [-0.15, -0.1) is 5.10 Å². The van der Waals surface area contributed by atoms with E-state index in [2.05, 4.69) is 20.8 Å². The third-order valence-electron chi connectivity index (χ3n) is 2.71. The quantitative estimate of drug-likeness (QED) is 0.787. The molecule has 0 saturated carbocycles. The molecule has 0 bridgehead atoms. The van der Waals surface area contributed by atoms with Crippen LogP contribution in [0.25, 0.3) is 0 Å². The van der Waals surface area contributed by atoms with Gasteiger partial charge >= 0.3 is 6.01 Å². The number of aromatic nitrogens is 2. The van der Waals surface area contributed by atoms with Crippen LogP contribution < -0.4 is 10.6 Å². The summed E-state index contributed by atoms with van der Waals surface area (Å²) in [5.41, 5.74) is 0. The summed E-state index contributed by atoms with van der Waals surface area (Å²) in [7, 11) is 0. The van der Waals surface area contributed by atoms with E-state index < -0.39 is 0 Å². The molecule has 1 aromatic rings. The zero-order chi connectivity index (χ0) is 11.4. The van der Waals surface area contributed by atoms with Crippen LogP contribution in [-0.4, -0.2) is 29.2 Å².